The second kappa shape index (κ2) is 6.45. The van der Waals surface area contributed by atoms with Crippen LogP contribution in [-0.4, -0.2) is 29.7 Å². The molecule has 0 saturated heterocycles. The summed E-state index contributed by atoms with van der Waals surface area (Å²) in [6, 6.07) is 5.03. The molecule has 0 heterocycles. The zero-order valence-electron chi connectivity index (χ0n) is 9.62. The monoisotopic (exact) mass is 226 g/mol. The fourth-order valence-corrected chi connectivity index (χ4v) is 1.69. The van der Waals surface area contributed by atoms with E-state index < -0.39 is 0 Å². The molecule has 0 saturated carbocycles. The Balaban J connectivity index is 2.72. The van der Waals surface area contributed by atoms with E-state index in [-0.39, 0.29) is 18.1 Å². The third kappa shape index (κ3) is 3.47. The Hall–Kier alpha value is -1.13. The summed E-state index contributed by atoms with van der Waals surface area (Å²) in [4.78, 5) is 2.01. The van der Waals surface area contributed by atoms with Crippen molar-refractivity contribution in [3.63, 3.8) is 0 Å². The van der Waals surface area contributed by atoms with Gasteiger partial charge in [-0.2, -0.15) is 0 Å². The number of nitrogens with zero attached hydrogens (tertiary/aromatic N) is 1. The number of hydrogen-bond donors (Lipinski definition) is 2. The Morgan fingerprint density at radius 3 is 2.75 bits per heavy atom. The smallest absolute Gasteiger partial charge is 0.150 e. The van der Waals surface area contributed by atoms with Gasteiger partial charge in [0.25, 0.3) is 0 Å². The minimum absolute atomic E-state index is 0.0872. The molecule has 0 radical (unpaired) electrons. The average molecular weight is 226 g/mol. The van der Waals surface area contributed by atoms with Crippen LogP contribution in [-0.2, 0) is 6.54 Å². The van der Waals surface area contributed by atoms with Crippen molar-refractivity contribution < 1.29 is 9.50 Å². The van der Waals surface area contributed by atoms with Crippen molar-refractivity contribution in [2.45, 2.75) is 19.9 Å². The quantitative estimate of drug-likeness (QED) is 0.725. The molecule has 0 amide bonds. The highest BCUT2D eigenvalue weighted by Crippen LogP contribution is 2.16. The predicted molar refractivity (Wildman–Crippen MR) is 63.5 cm³/mol. The molecule has 0 spiro atoms. The van der Waals surface area contributed by atoms with Crippen LogP contribution in [0.25, 0.3) is 0 Å². The molecule has 0 unspecified atom stereocenters. The van der Waals surface area contributed by atoms with E-state index in [2.05, 4.69) is 6.92 Å². The topological polar surface area (TPSA) is 49.5 Å². The number of benzene rings is 1. The van der Waals surface area contributed by atoms with Gasteiger partial charge in [0.1, 0.15) is 0 Å². The van der Waals surface area contributed by atoms with Crippen molar-refractivity contribution in [1.29, 1.82) is 0 Å². The van der Waals surface area contributed by atoms with Crippen molar-refractivity contribution in [1.82, 2.24) is 4.90 Å². The molecule has 1 aromatic carbocycles. The Kier molecular flexibility index (Phi) is 5.22. The second-order valence-corrected chi connectivity index (χ2v) is 3.82. The Morgan fingerprint density at radius 1 is 1.38 bits per heavy atom. The fraction of sp³-hybridized carbons (Fsp3) is 0.500. The Labute approximate surface area is 95.7 Å². The highest BCUT2D eigenvalue weighted by molar-refractivity contribution is 5.42. The first-order chi connectivity index (χ1) is 7.69. The van der Waals surface area contributed by atoms with Gasteiger partial charge in [-0.25, -0.2) is 4.39 Å². The van der Waals surface area contributed by atoms with Gasteiger partial charge in [-0.3, -0.25) is 4.90 Å². The lowest BCUT2D eigenvalue weighted by atomic mass is 10.1. The van der Waals surface area contributed by atoms with Crippen molar-refractivity contribution in [3.05, 3.63) is 29.6 Å². The second-order valence-electron chi connectivity index (χ2n) is 3.82. The fourth-order valence-electron chi connectivity index (χ4n) is 1.69. The summed E-state index contributed by atoms with van der Waals surface area (Å²) in [5.74, 6) is -0.346. The van der Waals surface area contributed by atoms with Gasteiger partial charge in [0, 0.05) is 18.7 Å². The third-order valence-electron chi connectivity index (χ3n) is 2.46. The average Bonchev–Trinajstić information content (AvgIpc) is 2.25. The van der Waals surface area contributed by atoms with Crippen LogP contribution in [0.15, 0.2) is 18.2 Å². The maximum absolute atomic E-state index is 13.6. The van der Waals surface area contributed by atoms with E-state index >= 15 is 0 Å². The molecule has 0 aromatic heterocycles. The first-order valence-electron chi connectivity index (χ1n) is 5.55. The lowest BCUT2D eigenvalue weighted by Crippen LogP contribution is -2.27. The summed E-state index contributed by atoms with van der Waals surface area (Å²) in [5.41, 5.74) is 6.27. The molecule has 3 N–H and O–H groups in total. The number of hydrogen-bond acceptors (Lipinski definition) is 3. The van der Waals surface area contributed by atoms with E-state index in [4.69, 9.17) is 10.8 Å². The minimum Gasteiger partial charge on any atom is -0.396 e. The zero-order chi connectivity index (χ0) is 12.0. The third-order valence-corrected chi connectivity index (χ3v) is 2.46. The molecular weight excluding hydrogens is 207 g/mol. The molecule has 1 rings (SSSR count). The van der Waals surface area contributed by atoms with E-state index in [1.165, 1.54) is 0 Å². The molecular formula is C12H19FN2O. The standard InChI is InChI=1S/C12H19FN2O/c1-2-6-15(7-8-16)9-10-4-3-5-11(14)12(10)13/h3-5,16H,2,6-9,14H2,1H3. The van der Waals surface area contributed by atoms with E-state index in [0.29, 0.717) is 18.7 Å². The molecule has 4 heteroatoms. The number of aliphatic hydroxyl groups is 1. The molecule has 3 nitrogen and oxygen atoms in total. The van der Waals surface area contributed by atoms with Crippen molar-refractivity contribution in [2.75, 3.05) is 25.4 Å². The summed E-state index contributed by atoms with van der Waals surface area (Å²) >= 11 is 0. The molecule has 16 heavy (non-hydrogen) atoms. The van der Waals surface area contributed by atoms with Gasteiger partial charge in [-0.05, 0) is 19.0 Å². The van der Waals surface area contributed by atoms with Crippen LogP contribution in [0.1, 0.15) is 18.9 Å². The summed E-state index contributed by atoms with van der Waals surface area (Å²) < 4.78 is 13.6. The van der Waals surface area contributed by atoms with Crippen LogP contribution in [0.4, 0.5) is 10.1 Å². The largest absolute Gasteiger partial charge is 0.396 e. The minimum atomic E-state index is -0.346. The number of halogens is 1. The normalized spacial score (nSPS) is 11.0. The van der Waals surface area contributed by atoms with Crippen LogP contribution < -0.4 is 5.73 Å². The van der Waals surface area contributed by atoms with Crippen LogP contribution in [0.3, 0.4) is 0 Å². The van der Waals surface area contributed by atoms with Crippen LogP contribution in [0.2, 0.25) is 0 Å². The van der Waals surface area contributed by atoms with E-state index in [1.807, 2.05) is 4.90 Å². The highest BCUT2D eigenvalue weighted by atomic mass is 19.1. The molecule has 0 aliphatic carbocycles. The van der Waals surface area contributed by atoms with E-state index in [0.717, 1.165) is 13.0 Å². The summed E-state index contributed by atoms with van der Waals surface area (Å²) in [6.45, 7) is 4.03. The van der Waals surface area contributed by atoms with Crippen molar-refractivity contribution >= 4 is 5.69 Å². The van der Waals surface area contributed by atoms with E-state index in [1.54, 1.807) is 18.2 Å². The molecule has 1 aromatic rings. The summed E-state index contributed by atoms with van der Waals surface area (Å²) in [6.07, 6.45) is 0.976. The van der Waals surface area contributed by atoms with Gasteiger partial charge >= 0.3 is 0 Å². The maximum atomic E-state index is 13.6. The van der Waals surface area contributed by atoms with Crippen LogP contribution >= 0.6 is 0 Å². The first-order valence-corrected chi connectivity index (χ1v) is 5.55. The lowest BCUT2D eigenvalue weighted by molar-refractivity contribution is 0.189. The Morgan fingerprint density at radius 2 is 2.12 bits per heavy atom. The van der Waals surface area contributed by atoms with Crippen LogP contribution in [0.5, 0.6) is 0 Å². The number of aliphatic hydroxyl groups excluding tert-OH is 1. The lowest BCUT2D eigenvalue weighted by Gasteiger charge is -2.21. The maximum Gasteiger partial charge on any atom is 0.150 e. The summed E-state index contributed by atoms with van der Waals surface area (Å²) in [7, 11) is 0. The molecule has 0 fully saturated rings. The van der Waals surface area contributed by atoms with Gasteiger partial charge in [0.05, 0.1) is 12.3 Å². The molecule has 0 bridgehead atoms. The zero-order valence-corrected chi connectivity index (χ0v) is 9.62. The van der Waals surface area contributed by atoms with Gasteiger partial charge in [-0.15, -0.1) is 0 Å². The molecule has 0 aliphatic rings. The van der Waals surface area contributed by atoms with Crippen molar-refractivity contribution in [3.8, 4) is 0 Å². The molecule has 0 aliphatic heterocycles. The molecule has 90 valence electrons. The van der Waals surface area contributed by atoms with Crippen LogP contribution in [0, 0.1) is 5.82 Å². The number of anilines is 1. The first kappa shape index (κ1) is 12.9. The van der Waals surface area contributed by atoms with E-state index in [9.17, 15) is 4.39 Å². The van der Waals surface area contributed by atoms with Crippen molar-refractivity contribution in [2.24, 2.45) is 0 Å². The van der Waals surface area contributed by atoms with Gasteiger partial charge in [0.2, 0.25) is 0 Å². The van der Waals surface area contributed by atoms with Gasteiger partial charge < -0.3 is 10.8 Å². The number of nitrogens with two attached hydrogens (primary N) is 1. The molecule has 0 atom stereocenters. The van der Waals surface area contributed by atoms with Gasteiger partial charge in [-0.1, -0.05) is 19.1 Å². The predicted octanol–water partition coefficient (Wildman–Crippen LogP) is 1.61. The number of rotatable bonds is 6. The highest BCUT2D eigenvalue weighted by Gasteiger charge is 2.09. The SMILES string of the molecule is CCCN(CCO)Cc1cccc(N)c1F. The van der Waals surface area contributed by atoms with Gasteiger partial charge in [0.15, 0.2) is 5.82 Å². The summed E-state index contributed by atoms with van der Waals surface area (Å²) in [5, 5.41) is 8.91. The number of nitrogen functional groups attached to an aromatic ring is 1. The Bertz CT molecular complexity index is 325.